The van der Waals surface area contributed by atoms with Gasteiger partial charge in [0.25, 0.3) is 0 Å². The molecule has 1 heterocycles. The lowest BCUT2D eigenvalue weighted by molar-refractivity contribution is 0.629. The van der Waals surface area contributed by atoms with Gasteiger partial charge in [0.2, 0.25) is 5.95 Å². The summed E-state index contributed by atoms with van der Waals surface area (Å²) in [5.74, 6) is 0.746. The van der Waals surface area contributed by atoms with Crippen molar-refractivity contribution in [3.05, 3.63) is 16.0 Å². The fourth-order valence-electron chi connectivity index (χ4n) is 1.26. The van der Waals surface area contributed by atoms with E-state index in [-0.39, 0.29) is 0 Å². The van der Waals surface area contributed by atoms with Crippen molar-refractivity contribution in [2.45, 2.75) is 26.3 Å². The van der Waals surface area contributed by atoms with Crippen molar-refractivity contribution in [3.63, 3.8) is 0 Å². The normalized spacial score (nSPS) is 24.1. The molecule has 0 bridgehead atoms. The maximum absolute atomic E-state index is 4.19. The molecular formula is C9H12IN3. The van der Waals surface area contributed by atoms with Crippen molar-refractivity contribution in [2.24, 2.45) is 5.41 Å². The van der Waals surface area contributed by atoms with Crippen LogP contribution < -0.4 is 5.32 Å². The van der Waals surface area contributed by atoms with Gasteiger partial charge in [-0.2, -0.15) is 0 Å². The molecule has 1 aliphatic rings. The largest absolute Gasteiger partial charge is 0.351 e. The van der Waals surface area contributed by atoms with Gasteiger partial charge < -0.3 is 5.32 Å². The minimum absolute atomic E-state index is 0.423. The molecule has 1 unspecified atom stereocenters. The lowest BCUT2D eigenvalue weighted by atomic mass is 10.2. The van der Waals surface area contributed by atoms with Gasteiger partial charge in [0.05, 0.1) is 0 Å². The summed E-state index contributed by atoms with van der Waals surface area (Å²) < 4.78 is 1.07. The van der Waals surface area contributed by atoms with Crippen LogP contribution in [0, 0.1) is 8.99 Å². The van der Waals surface area contributed by atoms with Crippen molar-refractivity contribution in [1.82, 2.24) is 9.97 Å². The highest BCUT2D eigenvalue weighted by Crippen LogP contribution is 2.46. The predicted octanol–water partition coefficient (Wildman–Crippen LogP) is 2.29. The highest BCUT2D eigenvalue weighted by molar-refractivity contribution is 14.1. The molecule has 1 N–H and O–H groups in total. The maximum atomic E-state index is 4.19. The lowest BCUT2D eigenvalue weighted by Crippen LogP contribution is -2.10. The zero-order valence-electron chi connectivity index (χ0n) is 7.71. The van der Waals surface area contributed by atoms with Gasteiger partial charge in [-0.3, -0.25) is 0 Å². The molecule has 1 aromatic rings. The quantitative estimate of drug-likeness (QED) is 0.849. The third-order valence-corrected chi connectivity index (χ3v) is 2.99. The Morgan fingerprint density at radius 2 is 2.00 bits per heavy atom. The molecule has 0 amide bonds. The van der Waals surface area contributed by atoms with E-state index in [1.165, 1.54) is 6.42 Å². The van der Waals surface area contributed by atoms with E-state index < -0.39 is 0 Å². The highest BCUT2D eigenvalue weighted by atomic mass is 127. The fraction of sp³-hybridized carbons (Fsp3) is 0.556. The number of hydrogen-bond acceptors (Lipinski definition) is 3. The number of anilines is 1. The average Bonchev–Trinajstić information content (AvgIpc) is 2.64. The Morgan fingerprint density at radius 3 is 2.46 bits per heavy atom. The van der Waals surface area contributed by atoms with Gasteiger partial charge in [-0.05, 0) is 34.4 Å². The summed E-state index contributed by atoms with van der Waals surface area (Å²) in [5.41, 5.74) is 0.423. The van der Waals surface area contributed by atoms with E-state index in [9.17, 15) is 0 Å². The molecule has 0 aliphatic heterocycles. The summed E-state index contributed by atoms with van der Waals surface area (Å²) in [5, 5.41) is 3.31. The molecule has 2 rings (SSSR count). The summed E-state index contributed by atoms with van der Waals surface area (Å²) in [4.78, 5) is 8.39. The van der Waals surface area contributed by atoms with Crippen molar-refractivity contribution < 1.29 is 0 Å². The number of hydrogen-bond donors (Lipinski definition) is 1. The first-order chi connectivity index (χ1) is 6.08. The predicted molar refractivity (Wildman–Crippen MR) is 60.6 cm³/mol. The van der Waals surface area contributed by atoms with E-state index in [1.54, 1.807) is 0 Å². The van der Waals surface area contributed by atoms with Crippen LogP contribution in [0.2, 0.25) is 0 Å². The molecule has 0 radical (unpaired) electrons. The second-order valence-electron chi connectivity index (χ2n) is 4.11. The van der Waals surface area contributed by atoms with E-state index in [2.05, 4.69) is 51.7 Å². The smallest absolute Gasteiger partial charge is 0.222 e. The number of rotatable bonds is 2. The third-order valence-electron chi connectivity index (χ3n) is 2.44. The van der Waals surface area contributed by atoms with Gasteiger partial charge in [-0.25, -0.2) is 9.97 Å². The van der Waals surface area contributed by atoms with Crippen LogP contribution in [-0.2, 0) is 0 Å². The molecule has 13 heavy (non-hydrogen) atoms. The first-order valence-electron chi connectivity index (χ1n) is 4.32. The molecule has 0 aromatic carbocycles. The van der Waals surface area contributed by atoms with E-state index in [0.717, 1.165) is 9.52 Å². The monoisotopic (exact) mass is 289 g/mol. The molecule has 1 atom stereocenters. The molecule has 70 valence electrons. The molecule has 4 heteroatoms. The molecule has 0 spiro atoms. The molecule has 1 fully saturated rings. The van der Waals surface area contributed by atoms with Crippen molar-refractivity contribution in [1.29, 1.82) is 0 Å². The van der Waals surface area contributed by atoms with Crippen molar-refractivity contribution in [3.8, 4) is 0 Å². The van der Waals surface area contributed by atoms with Gasteiger partial charge >= 0.3 is 0 Å². The van der Waals surface area contributed by atoms with Crippen molar-refractivity contribution >= 4 is 28.5 Å². The van der Waals surface area contributed by atoms with Crippen LogP contribution >= 0.6 is 22.6 Å². The zero-order chi connectivity index (χ0) is 9.47. The average molecular weight is 289 g/mol. The van der Waals surface area contributed by atoms with E-state index >= 15 is 0 Å². The van der Waals surface area contributed by atoms with Crippen LogP contribution in [0.1, 0.15) is 20.3 Å². The van der Waals surface area contributed by atoms with Gasteiger partial charge in [0.1, 0.15) is 0 Å². The third kappa shape index (κ3) is 2.10. The standard InChI is InChI=1S/C9H12IN3/c1-9(2)3-7(9)13-8-11-4-6(10)5-12-8/h4-5,7H,3H2,1-2H3,(H,11,12,13). The van der Waals surface area contributed by atoms with Crippen LogP contribution in [0.4, 0.5) is 5.95 Å². The SMILES string of the molecule is CC1(C)CC1Nc1ncc(I)cn1. The first kappa shape index (κ1) is 9.18. The summed E-state index contributed by atoms with van der Waals surface area (Å²) in [6.45, 7) is 4.49. The second-order valence-corrected chi connectivity index (χ2v) is 5.36. The minimum atomic E-state index is 0.423. The van der Waals surface area contributed by atoms with Gasteiger partial charge in [-0.1, -0.05) is 13.8 Å². The number of aromatic nitrogens is 2. The van der Waals surface area contributed by atoms with Crippen molar-refractivity contribution in [2.75, 3.05) is 5.32 Å². The fourth-order valence-corrected chi connectivity index (χ4v) is 1.53. The summed E-state index contributed by atoms with van der Waals surface area (Å²) in [6.07, 6.45) is 4.86. The van der Waals surface area contributed by atoms with E-state index in [4.69, 9.17) is 0 Å². The van der Waals surface area contributed by atoms with Gasteiger partial charge in [-0.15, -0.1) is 0 Å². The molecule has 1 aromatic heterocycles. The van der Waals surface area contributed by atoms with Gasteiger partial charge in [0, 0.05) is 22.0 Å². The minimum Gasteiger partial charge on any atom is -0.351 e. The summed E-state index contributed by atoms with van der Waals surface area (Å²) >= 11 is 2.20. The summed E-state index contributed by atoms with van der Waals surface area (Å²) in [6, 6.07) is 0.549. The van der Waals surface area contributed by atoms with Crippen LogP contribution in [-0.4, -0.2) is 16.0 Å². The topological polar surface area (TPSA) is 37.8 Å². The molecule has 3 nitrogen and oxygen atoms in total. The Bertz CT molecular complexity index is 307. The second kappa shape index (κ2) is 3.08. The first-order valence-corrected chi connectivity index (χ1v) is 5.40. The Kier molecular flexibility index (Phi) is 2.17. The molecule has 1 aliphatic carbocycles. The van der Waals surface area contributed by atoms with Crippen LogP contribution in [0.3, 0.4) is 0 Å². The van der Waals surface area contributed by atoms with E-state index in [0.29, 0.717) is 11.5 Å². The Labute approximate surface area is 91.5 Å². The number of halogens is 1. The number of nitrogens with one attached hydrogen (secondary N) is 1. The van der Waals surface area contributed by atoms with E-state index in [1.807, 2.05) is 12.4 Å². The highest BCUT2D eigenvalue weighted by Gasteiger charge is 2.46. The molecular weight excluding hydrogens is 277 g/mol. The lowest BCUT2D eigenvalue weighted by Gasteiger charge is -2.05. The van der Waals surface area contributed by atoms with Crippen LogP contribution in [0.5, 0.6) is 0 Å². The van der Waals surface area contributed by atoms with Crippen LogP contribution in [0.25, 0.3) is 0 Å². The maximum Gasteiger partial charge on any atom is 0.222 e. The Balaban J connectivity index is 2.00. The molecule has 1 saturated carbocycles. The zero-order valence-corrected chi connectivity index (χ0v) is 9.87. The van der Waals surface area contributed by atoms with Gasteiger partial charge in [0.15, 0.2) is 0 Å². The Hall–Kier alpha value is -0.390. The molecule has 0 saturated heterocycles. The number of nitrogens with zero attached hydrogens (tertiary/aromatic N) is 2. The Morgan fingerprint density at radius 1 is 1.46 bits per heavy atom. The van der Waals surface area contributed by atoms with Crippen LogP contribution in [0.15, 0.2) is 12.4 Å². The summed E-state index contributed by atoms with van der Waals surface area (Å²) in [7, 11) is 0.